The molecule has 0 unspecified atom stereocenters. The Labute approximate surface area is 99.8 Å². The van der Waals surface area contributed by atoms with E-state index in [1.807, 2.05) is 19.9 Å². The van der Waals surface area contributed by atoms with Crippen LogP contribution >= 0.6 is 0 Å². The van der Waals surface area contributed by atoms with E-state index in [1.165, 1.54) is 0 Å². The molecule has 0 bridgehead atoms. The van der Waals surface area contributed by atoms with Gasteiger partial charge < -0.3 is 4.74 Å². The Morgan fingerprint density at radius 1 is 1.06 bits per heavy atom. The fourth-order valence-electron chi connectivity index (χ4n) is 0.886. The molecule has 0 aliphatic heterocycles. The second kappa shape index (κ2) is 11.3. The van der Waals surface area contributed by atoms with Gasteiger partial charge in [0.2, 0.25) is 0 Å². The van der Waals surface area contributed by atoms with Crippen molar-refractivity contribution in [3.63, 3.8) is 0 Å². The van der Waals surface area contributed by atoms with Gasteiger partial charge in [-0.1, -0.05) is 31.9 Å². The van der Waals surface area contributed by atoms with E-state index >= 15 is 0 Å². The third kappa shape index (κ3) is 6.66. The highest BCUT2D eigenvalue weighted by molar-refractivity contribution is 5.30. The minimum atomic E-state index is 0.507. The van der Waals surface area contributed by atoms with Crippen LogP contribution in [0.1, 0.15) is 13.8 Å². The molecule has 0 saturated carbocycles. The lowest BCUT2D eigenvalue weighted by molar-refractivity contribution is 0.254. The lowest BCUT2D eigenvalue weighted by Crippen LogP contribution is -1.97. The Morgan fingerprint density at radius 2 is 1.62 bits per heavy atom. The fourth-order valence-corrected chi connectivity index (χ4v) is 0.886. The zero-order valence-electron chi connectivity index (χ0n) is 10.5. The van der Waals surface area contributed by atoms with Crippen LogP contribution in [0, 0.1) is 0 Å². The highest BCUT2D eigenvalue weighted by atomic mass is 16.5. The summed E-state index contributed by atoms with van der Waals surface area (Å²) in [7, 11) is 0. The Morgan fingerprint density at radius 3 is 1.94 bits per heavy atom. The van der Waals surface area contributed by atoms with E-state index in [0.717, 1.165) is 16.9 Å². The third-order valence-electron chi connectivity index (χ3n) is 1.94. The van der Waals surface area contributed by atoms with E-state index in [9.17, 15) is 0 Å². The van der Waals surface area contributed by atoms with Crippen LogP contribution < -0.4 is 0 Å². The van der Waals surface area contributed by atoms with Gasteiger partial charge in [-0.3, -0.25) is 0 Å². The lowest BCUT2D eigenvalue weighted by Gasteiger charge is -2.08. The molecule has 0 aliphatic rings. The van der Waals surface area contributed by atoms with Crippen molar-refractivity contribution in [1.29, 1.82) is 0 Å². The summed E-state index contributed by atoms with van der Waals surface area (Å²) in [5.74, 6) is 0.779. The SMILES string of the molecule is C=C.C=C/C(=C\C)OC/C(C=C)=C(\C)C=C. The van der Waals surface area contributed by atoms with Gasteiger partial charge in [-0.05, 0) is 37.1 Å². The molecular weight excluding hydrogens is 196 g/mol. The molecule has 1 heteroatoms. The Balaban J connectivity index is 0. The smallest absolute Gasteiger partial charge is 0.114 e. The average Bonchev–Trinajstić information content (AvgIpc) is 2.36. The maximum Gasteiger partial charge on any atom is 0.114 e. The zero-order chi connectivity index (χ0) is 13.0. The summed E-state index contributed by atoms with van der Waals surface area (Å²) in [6.45, 7) is 21.5. The predicted octanol–water partition coefficient (Wildman–Crippen LogP) is 4.58. The third-order valence-corrected chi connectivity index (χ3v) is 1.94. The van der Waals surface area contributed by atoms with Crippen LogP contribution in [0.5, 0.6) is 0 Å². The molecule has 88 valence electrons. The van der Waals surface area contributed by atoms with E-state index < -0.39 is 0 Å². The minimum absolute atomic E-state index is 0.507. The standard InChI is InChI=1S/C13H18O.C2H4/c1-6-11(5)12(7-2)10-14-13(8-3)9-4;1-2/h6-9H,1-3,10H2,4-5H3;1-2H2/b12-11+,13-9+;. The highest BCUT2D eigenvalue weighted by Gasteiger charge is 1.97. The Bertz CT molecular complexity index is 293. The maximum absolute atomic E-state index is 5.48. The summed E-state index contributed by atoms with van der Waals surface area (Å²) < 4.78 is 5.48. The molecule has 0 aliphatic carbocycles. The van der Waals surface area contributed by atoms with Crippen LogP contribution in [0.25, 0.3) is 0 Å². The summed E-state index contributed by atoms with van der Waals surface area (Å²) in [5, 5.41) is 0. The van der Waals surface area contributed by atoms with Crippen molar-refractivity contribution < 1.29 is 4.74 Å². The summed E-state index contributed by atoms with van der Waals surface area (Å²) in [6, 6.07) is 0. The van der Waals surface area contributed by atoms with E-state index in [-0.39, 0.29) is 0 Å². The first-order valence-electron chi connectivity index (χ1n) is 5.05. The van der Waals surface area contributed by atoms with Crippen molar-refractivity contribution >= 4 is 0 Å². The lowest BCUT2D eigenvalue weighted by atomic mass is 10.1. The van der Waals surface area contributed by atoms with Gasteiger partial charge in [-0.15, -0.1) is 13.2 Å². The van der Waals surface area contributed by atoms with Crippen molar-refractivity contribution in [2.75, 3.05) is 6.61 Å². The number of ether oxygens (including phenoxy) is 1. The van der Waals surface area contributed by atoms with Crippen molar-refractivity contribution in [1.82, 2.24) is 0 Å². The molecule has 0 aromatic heterocycles. The van der Waals surface area contributed by atoms with Crippen LogP contribution in [0.2, 0.25) is 0 Å². The summed E-state index contributed by atoms with van der Waals surface area (Å²) >= 11 is 0. The largest absolute Gasteiger partial charge is 0.489 e. The molecule has 0 rings (SSSR count). The molecule has 0 aromatic carbocycles. The van der Waals surface area contributed by atoms with Gasteiger partial charge in [0.25, 0.3) is 0 Å². The number of hydrogen-bond acceptors (Lipinski definition) is 1. The maximum atomic E-state index is 5.48. The molecule has 0 N–H and O–H groups in total. The molecule has 0 fully saturated rings. The van der Waals surface area contributed by atoms with Gasteiger partial charge in [-0.2, -0.15) is 0 Å². The van der Waals surface area contributed by atoms with Crippen LogP contribution in [0.4, 0.5) is 0 Å². The second-order valence-electron chi connectivity index (χ2n) is 2.80. The molecule has 0 heterocycles. The zero-order valence-corrected chi connectivity index (χ0v) is 10.5. The van der Waals surface area contributed by atoms with Gasteiger partial charge in [-0.25, -0.2) is 0 Å². The molecule has 0 saturated heterocycles. The van der Waals surface area contributed by atoms with Gasteiger partial charge in [0.1, 0.15) is 12.4 Å². The van der Waals surface area contributed by atoms with Crippen molar-refractivity contribution in [3.05, 3.63) is 74.1 Å². The van der Waals surface area contributed by atoms with Crippen molar-refractivity contribution in [3.8, 4) is 0 Å². The summed E-state index contributed by atoms with van der Waals surface area (Å²) in [4.78, 5) is 0. The first kappa shape index (κ1) is 16.7. The topological polar surface area (TPSA) is 9.23 Å². The number of hydrogen-bond donors (Lipinski definition) is 0. The molecule has 0 aromatic rings. The van der Waals surface area contributed by atoms with Gasteiger partial charge in [0.05, 0.1) is 0 Å². The van der Waals surface area contributed by atoms with E-state index in [1.54, 1.807) is 18.2 Å². The number of rotatable bonds is 6. The first-order chi connectivity index (χ1) is 7.69. The minimum Gasteiger partial charge on any atom is -0.489 e. The van der Waals surface area contributed by atoms with Gasteiger partial charge in [0.15, 0.2) is 0 Å². The number of allylic oxidation sites excluding steroid dienone is 4. The van der Waals surface area contributed by atoms with Crippen LogP contribution in [-0.4, -0.2) is 6.61 Å². The molecule has 0 atom stereocenters. The van der Waals surface area contributed by atoms with E-state index in [4.69, 9.17) is 4.74 Å². The highest BCUT2D eigenvalue weighted by Crippen LogP contribution is 2.09. The predicted molar refractivity (Wildman–Crippen MR) is 74.3 cm³/mol. The first-order valence-corrected chi connectivity index (χ1v) is 5.05. The summed E-state index contributed by atoms with van der Waals surface area (Å²) in [5.41, 5.74) is 2.13. The van der Waals surface area contributed by atoms with Gasteiger partial charge in [0, 0.05) is 0 Å². The van der Waals surface area contributed by atoms with E-state index in [2.05, 4.69) is 32.9 Å². The van der Waals surface area contributed by atoms with Gasteiger partial charge >= 0.3 is 0 Å². The van der Waals surface area contributed by atoms with Crippen LogP contribution in [0.3, 0.4) is 0 Å². The Kier molecular flexibility index (Phi) is 11.8. The molecule has 1 nitrogen and oxygen atoms in total. The molecule has 16 heavy (non-hydrogen) atoms. The summed E-state index contributed by atoms with van der Waals surface area (Å²) in [6.07, 6.45) is 7.14. The second-order valence-corrected chi connectivity index (χ2v) is 2.80. The van der Waals surface area contributed by atoms with Crippen LogP contribution in [-0.2, 0) is 4.74 Å². The van der Waals surface area contributed by atoms with E-state index in [0.29, 0.717) is 6.61 Å². The average molecular weight is 218 g/mol. The normalized spacial score (nSPS) is 11.5. The monoisotopic (exact) mass is 218 g/mol. The molecular formula is C15H22O. The fraction of sp³-hybridized carbons (Fsp3) is 0.200. The van der Waals surface area contributed by atoms with Crippen molar-refractivity contribution in [2.45, 2.75) is 13.8 Å². The molecule has 0 amide bonds. The molecule has 0 radical (unpaired) electrons. The Hall–Kier alpha value is -1.76. The quantitative estimate of drug-likeness (QED) is 0.360. The molecule has 0 spiro atoms. The van der Waals surface area contributed by atoms with Crippen LogP contribution in [0.15, 0.2) is 74.1 Å². The van der Waals surface area contributed by atoms with Crippen molar-refractivity contribution in [2.24, 2.45) is 0 Å².